The van der Waals surface area contributed by atoms with E-state index < -0.39 is 0 Å². The zero-order valence-electron chi connectivity index (χ0n) is 4.92. The minimum atomic E-state index is 0.438. The fourth-order valence-electron chi connectivity index (χ4n) is 0.166. The topological polar surface area (TPSA) is 71.0 Å². The van der Waals surface area contributed by atoms with Crippen LogP contribution in [0.2, 0.25) is 0 Å². The predicted octanol–water partition coefficient (Wildman–Crippen LogP) is 0.171. The average molecular weight is 115 g/mol. The van der Waals surface area contributed by atoms with Crippen molar-refractivity contribution in [2.75, 3.05) is 0 Å². The summed E-state index contributed by atoms with van der Waals surface area (Å²) >= 11 is 0. The SMILES string of the molecule is CC(=NO)/C(C)=N\N. The van der Waals surface area contributed by atoms with Gasteiger partial charge in [0.05, 0.1) is 11.4 Å². The van der Waals surface area contributed by atoms with Crippen LogP contribution in [0.25, 0.3) is 0 Å². The molecule has 0 radical (unpaired) electrons. The Morgan fingerprint density at radius 3 is 2.00 bits per heavy atom. The van der Waals surface area contributed by atoms with Gasteiger partial charge >= 0.3 is 0 Å². The molecule has 3 N–H and O–H groups in total. The highest BCUT2D eigenvalue weighted by Gasteiger charge is 1.92. The Morgan fingerprint density at radius 1 is 1.38 bits per heavy atom. The average Bonchev–Trinajstić information content (AvgIpc) is 1.84. The molecule has 0 saturated heterocycles. The number of rotatable bonds is 1. The van der Waals surface area contributed by atoms with E-state index in [2.05, 4.69) is 10.3 Å². The number of hydrazone groups is 1. The Hall–Kier alpha value is -1.06. The first-order chi connectivity index (χ1) is 3.72. The lowest BCUT2D eigenvalue weighted by Crippen LogP contribution is -2.07. The lowest BCUT2D eigenvalue weighted by atomic mass is 10.3. The van der Waals surface area contributed by atoms with Crippen molar-refractivity contribution in [1.29, 1.82) is 0 Å². The van der Waals surface area contributed by atoms with E-state index in [4.69, 9.17) is 11.0 Å². The minimum Gasteiger partial charge on any atom is -0.411 e. The molecule has 0 rings (SSSR count). The van der Waals surface area contributed by atoms with Crippen molar-refractivity contribution in [2.45, 2.75) is 13.8 Å². The van der Waals surface area contributed by atoms with E-state index in [0.29, 0.717) is 11.4 Å². The van der Waals surface area contributed by atoms with E-state index in [1.807, 2.05) is 0 Å². The van der Waals surface area contributed by atoms with Gasteiger partial charge in [-0.05, 0) is 13.8 Å². The molecule has 0 spiro atoms. The molecule has 0 heterocycles. The van der Waals surface area contributed by atoms with Crippen molar-refractivity contribution in [3.8, 4) is 0 Å². The first-order valence-electron chi connectivity index (χ1n) is 2.16. The van der Waals surface area contributed by atoms with Crippen LogP contribution in [-0.4, -0.2) is 16.6 Å². The van der Waals surface area contributed by atoms with Crippen LogP contribution in [0, 0.1) is 0 Å². The summed E-state index contributed by atoms with van der Waals surface area (Å²) in [4.78, 5) is 0. The molecule has 4 heteroatoms. The van der Waals surface area contributed by atoms with Crippen molar-refractivity contribution >= 4 is 11.4 Å². The van der Waals surface area contributed by atoms with E-state index in [1.165, 1.54) is 0 Å². The van der Waals surface area contributed by atoms with E-state index in [-0.39, 0.29) is 0 Å². The van der Waals surface area contributed by atoms with Gasteiger partial charge in [0.15, 0.2) is 0 Å². The van der Waals surface area contributed by atoms with E-state index in [1.54, 1.807) is 13.8 Å². The Morgan fingerprint density at radius 2 is 1.88 bits per heavy atom. The zero-order chi connectivity index (χ0) is 6.57. The molecule has 0 aromatic heterocycles. The lowest BCUT2D eigenvalue weighted by molar-refractivity contribution is 0.320. The van der Waals surface area contributed by atoms with Crippen molar-refractivity contribution < 1.29 is 5.21 Å². The third-order valence-corrected chi connectivity index (χ3v) is 0.867. The standard InChI is InChI=1S/C4H9N3O/c1-3(6-5)4(2)7-8/h8H,5H2,1-2H3/b6-3-,7-4?. The molecule has 0 aliphatic carbocycles. The number of hydrogen-bond acceptors (Lipinski definition) is 4. The van der Waals surface area contributed by atoms with Crippen LogP contribution in [-0.2, 0) is 0 Å². The van der Waals surface area contributed by atoms with Crippen LogP contribution in [0.5, 0.6) is 0 Å². The maximum atomic E-state index is 8.09. The molecule has 0 aliphatic rings. The first kappa shape index (κ1) is 6.94. The molecule has 0 bridgehead atoms. The van der Waals surface area contributed by atoms with Crippen LogP contribution in [0.15, 0.2) is 10.3 Å². The van der Waals surface area contributed by atoms with Crippen molar-refractivity contribution in [3.05, 3.63) is 0 Å². The van der Waals surface area contributed by atoms with Crippen LogP contribution in [0.1, 0.15) is 13.8 Å². The van der Waals surface area contributed by atoms with Gasteiger partial charge in [0.25, 0.3) is 0 Å². The molecule has 8 heavy (non-hydrogen) atoms. The molecule has 0 unspecified atom stereocenters. The summed E-state index contributed by atoms with van der Waals surface area (Å²) in [6, 6.07) is 0. The molecule has 4 nitrogen and oxygen atoms in total. The molecule has 0 atom stereocenters. The third kappa shape index (κ3) is 1.59. The van der Waals surface area contributed by atoms with E-state index >= 15 is 0 Å². The highest BCUT2D eigenvalue weighted by molar-refractivity contribution is 6.40. The smallest absolute Gasteiger partial charge is 0.0993 e. The Balaban J connectivity index is 4.04. The van der Waals surface area contributed by atoms with Gasteiger partial charge in [0, 0.05) is 0 Å². The van der Waals surface area contributed by atoms with Crippen molar-refractivity contribution in [1.82, 2.24) is 0 Å². The summed E-state index contributed by atoms with van der Waals surface area (Å²) in [6.45, 7) is 3.28. The van der Waals surface area contributed by atoms with E-state index in [9.17, 15) is 0 Å². The molecule has 0 saturated carbocycles. The second kappa shape index (κ2) is 3.01. The molecule has 0 amide bonds. The molecular formula is C4H9N3O. The van der Waals surface area contributed by atoms with Crippen LogP contribution < -0.4 is 5.84 Å². The molecule has 0 fully saturated rings. The van der Waals surface area contributed by atoms with Gasteiger partial charge in [-0.1, -0.05) is 5.16 Å². The van der Waals surface area contributed by atoms with Gasteiger partial charge in [-0.15, -0.1) is 0 Å². The van der Waals surface area contributed by atoms with Crippen molar-refractivity contribution in [3.63, 3.8) is 0 Å². The summed E-state index contributed by atoms with van der Waals surface area (Å²) in [5.41, 5.74) is 0.972. The molecule has 0 aromatic rings. The second-order valence-electron chi connectivity index (χ2n) is 1.40. The maximum Gasteiger partial charge on any atom is 0.0993 e. The van der Waals surface area contributed by atoms with Crippen LogP contribution >= 0.6 is 0 Å². The Labute approximate surface area is 47.7 Å². The molecular weight excluding hydrogens is 106 g/mol. The van der Waals surface area contributed by atoms with E-state index in [0.717, 1.165) is 0 Å². The minimum absolute atomic E-state index is 0.438. The normalized spacial score (nSPS) is 14.2. The summed E-state index contributed by atoms with van der Waals surface area (Å²) < 4.78 is 0. The van der Waals surface area contributed by atoms with Crippen LogP contribution in [0.3, 0.4) is 0 Å². The van der Waals surface area contributed by atoms with Gasteiger partial charge in [0.1, 0.15) is 0 Å². The first-order valence-corrected chi connectivity index (χ1v) is 2.16. The van der Waals surface area contributed by atoms with Gasteiger partial charge in [-0.2, -0.15) is 5.10 Å². The van der Waals surface area contributed by atoms with Gasteiger partial charge in [-0.3, -0.25) is 0 Å². The van der Waals surface area contributed by atoms with Crippen molar-refractivity contribution in [2.24, 2.45) is 16.1 Å². The fraction of sp³-hybridized carbons (Fsp3) is 0.500. The third-order valence-electron chi connectivity index (χ3n) is 0.867. The Kier molecular flexibility index (Phi) is 2.61. The van der Waals surface area contributed by atoms with Crippen LogP contribution in [0.4, 0.5) is 0 Å². The fourth-order valence-corrected chi connectivity index (χ4v) is 0.166. The number of nitrogens with two attached hydrogens (primary N) is 1. The monoisotopic (exact) mass is 115 g/mol. The summed E-state index contributed by atoms with van der Waals surface area (Å²) in [5.74, 6) is 4.84. The van der Waals surface area contributed by atoms with Gasteiger partial charge in [0.2, 0.25) is 0 Å². The van der Waals surface area contributed by atoms with Gasteiger partial charge in [-0.25, -0.2) is 0 Å². The Bertz CT molecular complexity index is 111. The largest absolute Gasteiger partial charge is 0.411 e. The zero-order valence-corrected chi connectivity index (χ0v) is 4.92. The summed E-state index contributed by atoms with van der Waals surface area (Å²) in [6.07, 6.45) is 0. The highest BCUT2D eigenvalue weighted by Crippen LogP contribution is 1.77. The second-order valence-corrected chi connectivity index (χ2v) is 1.40. The number of hydrogen-bond donors (Lipinski definition) is 2. The molecule has 46 valence electrons. The summed E-state index contributed by atoms with van der Waals surface area (Å²) in [5, 5.41) is 14.2. The quantitative estimate of drug-likeness (QED) is 0.221. The lowest BCUT2D eigenvalue weighted by Gasteiger charge is -1.90. The van der Waals surface area contributed by atoms with Gasteiger partial charge < -0.3 is 11.0 Å². The molecule has 0 aromatic carbocycles. The highest BCUT2D eigenvalue weighted by atomic mass is 16.4. The number of nitrogens with zero attached hydrogens (tertiary/aromatic N) is 2. The number of oxime groups is 1. The predicted molar refractivity (Wildman–Crippen MR) is 32.2 cm³/mol. The maximum absolute atomic E-state index is 8.09. The summed E-state index contributed by atoms with van der Waals surface area (Å²) in [7, 11) is 0. The molecule has 0 aliphatic heterocycles.